The standard InChI is InChI=1S/C10H17N3O4S/c1-4-12-7-11-5-9(12)18(16,17)13(8(2)3)6-10(14)15/h5,7-8H,4,6H2,1-3H3,(H,14,15). The lowest BCUT2D eigenvalue weighted by atomic mass is 10.4. The summed E-state index contributed by atoms with van der Waals surface area (Å²) in [6.45, 7) is 4.94. The van der Waals surface area contributed by atoms with Crippen LogP contribution < -0.4 is 0 Å². The number of sulfonamides is 1. The maximum atomic E-state index is 12.4. The quantitative estimate of drug-likeness (QED) is 0.810. The minimum absolute atomic E-state index is 0.0138. The normalized spacial score (nSPS) is 12.3. The molecule has 1 rings (SSSR count). The molecule has 1 heterocycles. The van der Waals surface area contributed by atoms with Crippen LogP contribution in [0.2, 0.25) is 0 Å². The SMILES string of the molecule is CCn1cncc1S(=O)(=O)N(CC(=O)O)C(C)C. The van der Waals surface area contributed by atoms with Gasteiger partial charge in [0.05, 0.1) is 12.5 Å². The van der Waals surface area contributed by atoms with Crippen LogP contribution in [0.4, 0.5) is 0 Å². The van der Waals surface area contributed by atoms with Crippen molar-refractivity contribution in [3.63, 3.8) is 0 Å². The van der Waals surface area contributed by atoms with Crippen molar-refractivity contribution in [1.29, 1.82) is 0 Å². The molecule has 0 bridgehead atoms. The fraction of sp³-hybridized carbons (Fsp3) is 0.600. The van der Waals surface area contributed by atoms with Crippen molar-refractivity contribution >= 4 is 16.0 Å². The molecule has 0 unspecified atom stereocenters. The number of aromatic nitrogens is 2. The molecular formula is C10H17N3O4S. The van der Waals surface area contributed by atoms with Crippen LogP contribution in [0.5, 0.6) is 0 Å². The van der Waals surface area contributed by atoms with Gasteiger partial charge >= 0.3 is 5.97 Å². The van der Waals surface area contributed by atoms with Gasteiger partial charge in [0.15, 0.2) is 5.03 Å². The zero-order valence-electron chi connectivity index (χ0n) is 10.6. The van der Waals surface area contributed by atoms with Gasteiger partial charge in [-0.1, -0.05) is 0 Å². The number of aryl methyl sites for hydroxylation is 1. The zero-order valence-corrected chi connectivity index (χ0v) is 11.4. The molecule has 0 aliphatic rings. The molecule has 1 aromatic rings. The van der Waals surface area contributed by atoms with E-state index in [1.165, 1.54) is 17.1 Å². The fourth-order valence-corrected chi connectivity index (χ4v) is 3.30. The molecule has 0 aliphatic carbocycles. The number of rotatable bonds is 6. The number of carbonyl (C=O) groups is 1. The lowest BCUT2D eigenvalue weighted by Gasteiger charge is -2.24. The zero-order chi connectivity index (χ0) is 13.9. The molecule has 18 heavy (non-hydrogen) atoms. The second kappa shape index (κ2) is 5.49. The summed E-state index contributed by atoms with van der Waals surface area (Å²) in [4.78, 5) is 14.5. The van der Waals surface area contributed by atoms with E-state index < -0.39 is 28.6 Å². The van der Waals surface area contributed by atoms with Crippen molar-refractivity contribution in [3.05, 3.63) is 12.5 Å². The van der Waals surface area contributed by atoms with Gasteiger partial charge in [-0.15, -0.1) is 0 Å². The van der Waals surface area contributed by atoms with E-state index in [0.29, 0.717) is 6.54 Å². The first kappa shape index (κ1) is 14.7. The topological polar surface area (TPSA) is 92.5 Å². The second-order valence-corrected chi connectivity index (χ2v) is 5.89. The van der Waals surface area contributed by atoms with Gasteiger partial charge in [0.1, 0.15) is 6.54 Å². The van der Waals surface area contributed by atoms with Crippen LogP contribution in [0.15, 0.2) is 17.6 Å². The summed E-state index contributed by atoms with van der Waals surface area (Å²) in [5.41, 5.74) is 0. The number of carboxylic acids is 1. The largest absolute Gasteiger partial charge is 0.480 e. The van der Waals surface area contributed by atoms with Crippen molar-refractivity contribution in [2.24, 2.45) is 0 Å². The summed E-state index contributed by atoms with van der Waals surface area (Å²) >= 11 is 0. The summed E-state index contributed by atoms with van der Waals surface area (Å²) in [6.07, 6.45) is 2.64. The minimum Gasteiger partial charge on any atom is -0.480 e. The van der Waals surface area contributed by atoms with Crippen LogP contribution in [-0.4, -0.2) is 45.9 Å². The van der Waals surface area contributed by atoms with E-state index >= 15 is 0 Å². The van der Waals surface area contributed by atoms with E-state index in [1.807, 2.05) is 0 Å². The van der Waals surface area contributed by atoms with Crippen molar-refractivity contribution in [3.8, 4) is 0 Å². The predicted molar refractivity (Wildman–Crippen MR) is 64.6 cm³/mol. The molecule has 0 fully saturated rings. The second-order valence-electron chi connectivity index (χ2n) is 4.06. The average molecular weight is 275 g/mol. The van der Waals surface area contributed by atoms with Gasteiger partial charge in [-0.2, -0.15) is 4.31 Å². The van der Waals surface area contributed by atoms with Crippen LogP contribution in [0.3, 0.4) is 0 Å². The third-order valence-electron chi connectivity index (χ3n) is 2.45. The van der Waals surface area contributed by atoms with E-state index in [4.69, 9.17) is 5.11 Å². The Morgan fingerprint density at radius 2 is 2.17 bits per heavy atom. The van der Waals surface area contributed by atoms with Gasteiger partial charge in [-0.3, -0.25) is 4.79 Å². The Morgan fingerprint density at radius 3 is 2.61 bits per heavy atom. The summed E-state index contributed by atoms with van der Waals surface area (Å²) in [5, 5.41) is 8.81. The highest BCUT2D eigenvalue weighted by molar-refractivity contribution is 7.89. The van der Waals surface area contributed by atoms with Gasteiger partial charge in [0, 0.05) is 12.6 Å². The summed E-state index contributed by atoms with van der Waals surface area (Å²) in [5.74, 6) is -1.19. The Hall–Kier alpha value is -1.41. The molecule has 7 nitrogen and oxygen atoms in total. The van der Waals surface area contributed by atoms with Gasteiger partial charge in [-0.25, -0.2) is 13.4 Å². The molecule has 0 atom stereocenters. The molecule has 0 spiro atoms. The highest BCUT2D eigenvalue weighted by Crippen LogP contribution is 2.17. The predicted octanol–water partition coefficient (Wildman–Crippen LogP) is 0.387. The van der Waals surface area contributed by atoms with Gasteiger partial charge in [-0.05, 0) is 20.8 Å². The molecule has 0 amide bonds. The van der Waals surface area contributed by atoms with E-state index in [2.05, 4.69) is 4.98 Å². The Morgan fingerprint density at radius 1 is 1.56 bits per heavy atom. The number of carboxylic acid groups (broad SMARTS) is 1. The first-order valence-electron chi connectivity index (χ1n) is 5.54. The maximum Gasteiger partial charge on any atom is 0.318 e. The molecule has 0 saturated carbocycles. The molecule has 0 radical (unpaired) electrons. The minimum atomic E-state index is -3.84. The van der Waals surface area contributed by atoms with Gasteiger partial charge < -0.3 is 9.67 Å². The van der Waals surface area contributed by atoms with E-state index in [9.17, 15) is 13.2 Å². The number of nitrogens with zero attached hydrogens (tertiary/aromatic N) is 3. The lowest BCUT2D eigenvalue weighted by molar-refractivity contribution is -0.137. The summed E-state index contributed by atoms with van der Waals surface area (Å²) < 4.78 is 27.1. The summed E-state index contributed by atoms with van der Waals surface area (Å²) in [6, 6.07) is -0.439. The van der Waals surface area contributed by atoms with Crippen LogP contribution in [-0.2, 0) is 21.4 Å². The van der Waals surface area contributed by atoms with Crippen molar-refractivity contribution in [1.82, 2.24) is 13.9 Å². The number of hydrogen-bond donors (Lipinski definition) is 1. The highest BCUT2D eigenvalue weighted by atomic mass is 32.2. The Balaban J connectivity index is 3.21. The molecule has 0 saturated heterocycles. The van der Waals surface area contributed by atoms with E-state index in [-0.39, 0.29) is 5.03 Å². The monoisotopic (exact) mass is 275 g/mol. The van der Waals surface area contributed by atoms with Crippen LogP contribution in [0, 0.1) is 0 Å². The third kappa shape index (κ3) is 2.88. The Labute approximate surface area is 106 Å². The molecule has 102 valence electrons. The first-order valence-corrected chi connectivity index (χ1v) is 6.98. The van der Waals surface area contributed by atoms with Crippen LogP contribution in [0.25, 0.3) is 0 Å². The van der Waals surface area contributed by atoms with Crippen molar-refractivity contribution < 1.29 is 18.3 Å². The average Bonchev–Trinajstić information content (AvgIpc) is 2.73. The van der Waals surface area contributed by atoms with Gasteiger partial charge in [0.2, 0.25) is 0 Å². The fourth-order valence-electron chi connectivity index (χ4n) is 1.56. The maximum absolute atomic E-state index is 12.4. The molecule has 1 N–H and O–H groups in total. The Bertz CT molecular complexity index is 521. The van der Waals surface area contributed by atoms with E-state index in [0.717, 1.165) is 4.31 Å². The summed E-state index contributed by atoms with van der Waals surface area (Å²) in [7, 11) is -3.84. The molecule has 0 aliphatic heterocycles. The highest BCUT2D eigenvalue weighted by Gasteiger charge is 2.31. The molecular weight excluding hydrogens is 258 g/mol. The number of hydrogen-bond acceptors (Lipinski definition) is 4. The lowest BCUT2D eigenvalue weighted by Crippen LogP contribution is -2.41. The smallest absolute Gasteiger partial charge is 0.318 e. The molecule has 0 aromatic carbocycles. The van der Waals surface area contributed by atoms with Crippen molar-refractivity contribution in [2.75, 3.05) is 6.54 Å². The van der Waals surface area contributed by atoms with Crippen molar-refractivity contribution in [2.45, 2.75) is 38.4 Å². The van der Waals surface area contributed by atoms with Gasteiger partial charge in [0.25, 0.3) is 10.0 Å². The van der Waals surface area contributed by atoms with Crippen LogP contribution >= 0.6 is 0 Å². The third-order valence-corrected chi connectivity index (χ3v) is 4.49. The van der Waals surface area contributed by atoms with E-state index in [1.54, 1.807) is 20.8 Å². The Kier molecular flexibility index (Phi) is 4.47. The first-order chi connectivity index (χ1) is 8.30. The molecule has 1 aromatic heterocycles. The number of imidazole rings is 1. The molecule has 8 heteroatoms. The van der Waals surface area contributed by atoms with Crippen LogP contribution in [0.1, 0.15) is 20.8 Å². The number of aliphatic carboxylic acids is 1.